The number of hydrogen-bond donors (Lipinski definition) is 0. The van der Waals surface area contributed by atoms with Gasteiger partial charge in [0.15, 0.2) is 5.69 Å². The molecule has 0 unspecified atom stereocenters. The number of hydrogen-bond acceptors (Lipinski definition) is 7. The van der Waals surface area contributed by atoms with Gasteiger partial charge in [-0.25, -0.2) is 21.6 Å². The lowest BCUT2D eigenvalue weighted by molar-refractivity contribution is 0.525. The normalized spacial score (nSPS) is 12.1. The summed E-state index contributed by atoms with van der Waals surface area (Å²) in [4.78, 5) is 16.4. The molecule has 154 valence electrons. The Balaban J connectivity index is 2.56. The molecule has 8 nitrogen and oxygen atoms in total. The van der Waals surface area contributed by atoms with E-state index in [0.29, 0.717) is 5.56 Å². The standard InChI is InChI=1S/C16H18Cl2N2O6S2/c17-7-2-10-27(22,23)20(28(24,25)11-3-8-18)14-5-6-15(26-16(14)21)13-4-1-9-19-12-13/h1,4-6,9,12H,2-3,7-8,10-11H2. The van der Waals surface area contributed by atoms with Crippen LogP contribution in [-0.4, -0.2) is 45.1 Å². The highest BCUT2D eigenvalue weighted by Crippen LogP contribution is 2.24. The Morgan fingerprint density at radius 3 is 2.04 bits per heavy atom. The lowest BCUT2D eigenvalue weighted by Gasteiger charge is -2.22. The van der Waals surface area contributed by atoms with Crippen molar-refractivity contribution in [2.75, 3.05) is 27.0 Å². The van der Waals surface area contributed by atoms with Crippen molar-refractivity contribution in [2.45, 2.75) is 12.8 Å². The van der Waals surface area contributed by atoms with Gasteiger partial charge in [0.1, 0.15) is 5.76 Å². The first-order chi connectivity index (χ1) is 13.2. The third-order valence-electron chi connectivity index (χ3n) is 3.52. The van der Waals surface area contributed by atoms with Crippen LogP contribution in [-0.2, 0) is 20.0 Å². The van der Waals surface area contributed by atoms with E-state index in [1.807, 2.05) is 0 Å². The highest BCUT2D eigenvalue weighted by Gasteiger charge is 2.36. The SMILES string of the molecule is O=c1oc(-c2cccnc2)ccc1N(S(=O)(=O)CCCCl)S(=O)(=O)CCCCl. The first kappa shape index (κ1) is 22.7. The van der Waals surface area contributed by atoms with Gasteiger partial charge in [0.05, 0.1) is 11.5 Å². The van der Waals surface area contributed by atoms with Crippen LogP contribution in [0, 0.1) is 0 Å². The number of aromatic nitrogens is 1. The summed E-state index contributed by atoms with van der Waals surface area (Å²) in [6.45, 7) is 0. The first-order valence-electron chi connectivity index (χ1n) is 8.15. The molecular weight excluding hydrogens is 451 g/mol. The van der Waals surface area contributed by atoms with Crippen molar-refractivity contribution in [2.24, 2.45) is 0 Å². The monoisotopic (exact) mass is 468 g/mol. The number of anilines is 1. The van der Waals surface area contributed by atoms with Gasteiger partial charge >= 0.3 is 5.63 Å². The maximum absolute atomic E-state index is 12.7. The van der Waals surface area contributed by atoms with E-state index in [2.05, 4.69) is 4.98 Å². The molecule has 0 bridgehead atoms. The molecule has 0 atom stereocenters. The van der Waals surface area contributed by atoms with Gasteiger partial charge in [-0.3, -0.25) is 4.98 Å². The van der Waals surface area contributed by atoms with Gasteiger partial charge in [0.25, 0.3) is 0 Å². The van der Waals surface area contributed by atoms with Crippen LogP contribution in [0.1, 0.15) is 12.8 Å². The smallest absolute Gasteiger partial charge is 0.362 e. The zero-order chi connectivity index (χ0) is 20.8. The summed E-state index contributed by atoms with van der Waals surface area (Å²) in [5.41, 5.74) is -1.24. The molecule has 0 saturated heterocycles. The molecule has 0 aromatic carbocycles. The Labute approximate surface area is 173 Å². The van der Waals surface area contributed by atoms with Gasteiger partial charge in [-0.2, -0.15) is 3.71 Å². The quantitative estimate of drug-likeness (QED) is 0.491. The molecule has 2 aromatic rings. The molecule has 28 heavy (non-hydrogen) atoms. The van der Waals surface area contributed by atoms with Crippen LogP contribution in [0.2, 0.25) is 0 Å². The van der Waals surface area contributed by atoms with Crippen molar-refractivity contribution < 1.29 is 21.3 Å². The second kappa shape index (κ2) is 9.73. The number of sulfonamides is 2. The number of halogens is 2. The minimum Gasteiger partial charge on any atom is -0.421 e. The van der Waals surface area contributed by atoms with Crippen molar-refractivity contribution in [3.63, 3.8) is 0 Å². The van der Waals surface area contributed by atoms with E-state index in [1.54, 1.807) is 12.1 Å². The maximum atomic E-state index is 12.7. The summed E-state index contributed by atoms with van der Waals surface area (Å²) in [5, 5.41) is 0. The average Bonchev–Trinajstić information content (AvgIpc) is 2.66. The lowest BCUT2D eigenvalue weighted by atomic mass is 10.2. The number of rotatable bonds is 10. The largest absolute Gasteiger partial charge is 0.421 e. The van der Waals surface area contributed by atoms with Crippen LogP contribution >= 0.6 is 23.2 Å². The molecule has 2 rings (SSSR count). The van der Waals surface area contributed by atoms with E-state index in [-0.39, 0.29) is 34.1 Å². The van der Waals surface area contributed by atoms with Crippen molar-refractivity contribution >= 4 is 48.9 Å². The molecule has 0 radical (unpaired) electrons. The fourth-order valence-corrected chi connectivity index (χ4v) is 6.96. The van der Waals surface area contributed by atoms with Gasteiger partial charge < -0.3 is 4.42 Å². The van der Waals surface area contributed by atoms with Crippen LogP contribution in [0.4, 0.5) is 5.69 Å². The van der Waals surface area contributed by atoms with Crippen LogP contribution in [0.3, 0.4) is 0 Å². The summed E-state index contributed by atoms with van der Waals surface area (Å²) in [5.74, 6) is -0.925. The van der Waals surface area contributed by atoms with Crippen molar-refractivity contribution in [1.82, 2.24) is 4.98 Å². The fraction of sp³-hybridized carbons (Fsp3) is 0.375. The van der Waals surface area contributed by atoms with Gasteiger partial charge in [-0.15, -0.1) is 23.2 Å². The van der Waals surface area contributed by atoms with Gasteiger partial charge in [-0.05, 0) is 37.1 Å². The Morgan fingerprint density at radius 2 is 1.57 bits per heavy atom. The Bertz CT molecular complexity index is 1020. The molecule has 0 N–H and O–H groups in total. The second-order valence-corrected chi connectivity index (χ2v) is 10.5. The van der Waals surface area contributed by atoms with E-state index < -0.39 is 42.9 Å². The Kier molecular flexibility index (Phi) is 7.87. The predicted octanol–water partition coefficient (Wildman–Crippen LogP) is 2.43. The molecule has 0 aliphatic carbocycles. The number of alkyl halides is 2. The van der Waals surface area contributed by atoms with E-state index in [9.17, 15) is 21.6 Å². The van der Waals surface area contributed by atoms with E-state index >= 15 is 0 Å². The van der Waals surface area contributed by atoms with E-state index in [0.717, 1.165) is 6.07 Å². The molecule has 0 amide bonds. The number of nitrogens with zero attached hydrogens (tertiary/aromatic N) is 2. The Morgan fingerprint density at radius 1 is 0.964 bits per heavy atom. The second-order valence-electron chi connectivity index (χ2n) is 5.63. The molecule has 0 aliphatic rings. The van der Waals surface area contributed by atoms with Crippen LogP contribution in [0.15, 0.2) is 45.9 Å². The van der Waals surface area contributed by atoms with Crippen LogP contribution in [0.25, 0.3) is 11.3 Å². The van der Waals surface area contributed by atoms with Gasteiger partial charge in [0, 0.05) is 29.7 Å². The van der Waals surface area contributed by atoms with Crippen molar-refractivity contribution in [3.8, 4) is 11.3 Å². The molecule has 0 saturated carbocycles. The van der Waals surface area contributed by atoms with E-state index in [4.69, 9.17) is 27.6 Å². The molecule has 0 fully saturated rings. The summed E-state index contributed by atoms with van der Waals surface area (Å²) < 4.78 is 56.0. The first-order valence-corrected chi connectivity index (χ1v) is 12.4. The molecule has 2 aromatic heterocycles. The topological polar surface area (TPSA) is 115 Å². The van der Waals surface area contributed by atoms with Crippen molar-refractivity contribution in [1.29, 1.82) is 0 Å². The summed E-state index contributed by atoms with van der Waals surface area (Å²) in [6.07, 6.45) is 3.02. The zero-order valence-corrected chi connectivity index (χ0v) is 17.8. The molecule has 0 spiro atoms. The van der Waals surface area contributed by atoms with E-state index in [1.165, 1.54) is 18.5 Å². The predicted molar refractivity (Wildman–Crippen MR) is 109 cm³/mol. The molecule has 2 heterocycles. The van der Waals surface area contributed by atoms with Gasteiger partial charge in [-0.1, -0.05) is 0 Å². The third-order valence-corrected chi connectivity index (χ3v) is 8.43. The van der Waals surface area contributed by atoms with Crippen LogP contribution < -0.4 is 9.34 Å². The Hall–Kier alpha value is -1.62. The van der Waals surface area contributed by atoms with Crippen LogP contribution in [0.5, 0.6) is 0 Å². The summed E-state index contributed by atoms with van der Waals surface area (Å²) in [7, 11) is -8.76. The highest BCUT2D eigenvalue weighted by atomic mass is 35.5. The molecular formula is C16H18Cl2N2O6S2. The molecule has 12 heteroatoms. The highest BCUT2D eigenvalue weighted by molar-refractivity contribution is 8.10. The lowest BCUT2D eigenvalue weighted by Crippen LogP contribution is -2.42. The minimum absolute atomic E-state index is 0.0172. The number of pyridine rings is 1. The molecule has 0 aliphatic heterocycles. The zero-order valence-electron chi connectivity index (χ0n) is 14.6. The summed E-state index contributed by atoms with van der Waals surface area (Å²) >= 11 is 11.1. The maximum Gasteiger partial charge on any atom is 0.362 e. The van der Waals surface area contributed by atoms with Gasteiger partial charge in [0.2, 0.25) is 20.0 Å². The third kappa shape index (κ3) is 5.47. The van der Waals surface area contributed by atoms with Crippen molar-refractivity contribution in [3.05, 3.63) is 47.1 Å². The average molecular weight is 469 g/mol. The summed E-state index contributed by atoms with van der Waals surface area (Å²) in [6, 6.07) is 5.68. The fourth-order valence-electron chi connectivity index (χ4n) is 2.32. The minimum atomic E-state index is -4.38.